The van der Waals surface area contributed by atoms with E-state index in [-0.39, 0.29) is 35.5 Å². The van der Waals surface area contributed by atoms with Gasteiger partial charge in [0.2, 0.25) is 11.8 Å². The molecule has 2 aliphatic rings. The van der Waals surface area contributed by atoms with Crippen molar-refractivity contribution < 1.29 is 19.1 Å². The molecule has 156 valence electrons. The molecule has 1 saturated heterocycles. The molecule has 1 fully saturated rings. The summed E-state index contributed by atoms with van der Waals surface area (Å²) in [6.07, 6.45) is 4.88. The van der Waals surface area contributed by atoms with Gasteiger partial charge in [0.05, 0.1) is 26.1 Å². The summed E-state index contributed by atoms with van der Waals surface area (Å²) in [7, 11) is 3.20. The second-order valence-corrected chi connectivity index (χ2v) is 8.34. The van der Waals surface area contributed by atoms with E-state index in [2.05, 4.69) is 26.0 Å². The van der Waals surface area contributed by atoms with E-state index < -0.39 is 0 Å². The largest absolute Gasteiger partial charge is 0.493 e. The minimum Gasteiger partial charge on any atom is -0.493 e. The molecule has 3 rings (SSSR count). The van der Waals surface area contributed by atoms with E-state index in [0.717, 1.165) is 11.1 Å². The molecule has 0 aromatic heterocycles. The molecule has 1 aromatic rings. The molecule has 29 heavy (non-hydrogen) atoms. The van der Waals surface area contributed by atoms with Crippen LogP contribution in [-0.2, 0) is 16.0 Å². The summed E-state index contributed by atoms with van der Waals surface area (Å²) in [6.45, 7) is 8.58. The van der Waals surface area contributed by atoms with E-state index in [9.17, 15) is 9.59 Å². The Hall–Kier alpha value is -2.56. The number of nitrogens with zero attached hydrogens (tertiary/aromatic N) is 1. The van der Waals surface area contributed by atoms with E-state index in [1.165, 1.54) is 10.5 Å². The summed E-state index contributed by atoms with van der Waals surface area (Å²) in [6, 6.07) is 5.69. The lowest BCUT2D eigenvalue weighted by Crippen LogP contribution is -2.34. The Morgan fingerprint density at radius 1 is 1.07 bits per heavy atom. The van der Waals surface area contributed by atoms with Crippen LogP contribution in [-0.4, -0.2) is 37.5 Å². The molecule has 0 spiro atoms. The smallest absolute Gasteiger partial charge is 0.234 e. The minimum atomic E-state index is -0.290. The van der Waals surface area contributed by atoms with Crippen LogP contribution in [0.25, 0.3) is 0 Å². The SMILES string of the molecule is COc1ccc(CCN2C(=O)[C@@H]3[C@H](C=C(C)C)C=C(C)[C@@H](C)[C@H]3C2=O)cc1OC. The number of methoxy groups -OCH3 is 2. The van der Waals surface area contributed by atoms with Gasteiger partial charge in [-0.1, -0.05) is 36.3 Å². The number of carbonyl (C=O) groups excluding carboxylic acids is 2. The Bertz CT molecular complexity index is 866. The maximum absolute atomic E-state index is 13.2. The van der Waals surface area contributed by atoms with E-state index in [1.807, 2.05) is 32.0 Å². The summed E-state index contributed by atoms with van der Waals surface area (Å²) in [5, 5.41) is 0. The van der Waals surface area contributed by atoms with Gasteiger partial charge in [0.25, 0.3) is 0 Å². The van der Waals surface area contributed by atoms with Crippen molar-refractivity contribution in [1.82, 2.24) is 4.90 Å². The number of carbonyl (C=O) groups is 2. The first-order valence-electron chi connectivity index (χ1n) is 10.2. The fourth-order valence-corrected chi connectivity index (χ4v) is 4.58. The van der Waals surface area contributed by atoms with Crippen molar-refractivity contribution in [2.24, 2.45) is 23.7 Å². The molecule has 1 heterocycles. The molecule has 1 aliphatic heterocycles. The van der Waals surface area contributed by atoms with Gasteiger partial charge in [0, 0.05) is 12.5 Å². The third kappa shape index (κ3) is 3.96. The van der Waals surface area contributed by atoms with E-state index in [4.69, 9.17) is 9.47 Å². The third-order valence-corrected chi connectivity index (χ3v) is 6.21. The molecule has 2 amide bonds. The fourth-order valence-electron chi connectivity index (χ4n) is 4.58. The molecular weight excluding hydrogens is 366 g/mol. The van der Waals surface area contributed by atoms with Crippen LogP contribution in [0.2, 0.25) is 0 Å². The van der Waals surface area contributed by atoms with Crippen LogP contribution in [0.4, 0.5) is 0 Å². The molecular formula is C24H31NO4. The molecule has 0 saturated carbocycles. The zero-order valence-corrected chi connectivity index (χ0v) is 18.2. The molecule has 0 bridgehead atoms. The van der Waals surface area contributed by atoms with Crippen LogP contribution in [0.1, 0.15) is 33.3 Å². The van der Waals surface area contributed by atoms with Crippen molar-refractivity contribution >= 4 is 11.8 Å². The summed E-state index contributed by atoms with van der Waals surface area (Å²) >= 11 is 0. The van der Waals surface area contributed by atoms with E-state index >= 15 is 0 Å². The Morgan fingerprint density at radius 3 is 2.34 bits per heavy atom. The second-order valence-electron chi connectivity index (χ2n) is 8.34. The second kappa shape index (κ2) is 8.44. The minimum absolute atomic E-state index is 0.0104. The first-order chi connectivity index (χ1) is 13.8. The van der Waals surface area contributed by atoms with Gasteiger partial charge in [-0.15, -0.1) is 0 Å². The average Bonchev–Trinajstić information content (AvgIpc) is 2.94. The van der Waals surface area contributed by atoms with Gasteiger partial charge in [-0.25, -0.2) is 0 Å². The topological polar surface area (TPSA) is 55.8 Å². The van der Waals surface area contributed by atoms with Crippen molar-refractivity contribution in [3.63, 3.8) is 0 Å². The lowest BCUT2D eigenvalue weighted by molar-refractivity contribution is -0.140. The van der Waals surface area contributed by atoms with Gasteiger partial charge in [-0.3, -0.25) is 14.5 Å². The van der Waals surface area contributed by atoms with Crippen LogP contribution >= 0.6 is 0 Å². The van der Waals surface area contributed by atoms with Crippen molar-refractivity contribution in [3.8, 4) is 11.5 Å². The predicted molar refractivity (Wildman–Crippen MR) is 113 cm³/mol. The van der Waals surface area contributed by atoms with Crippen molar-refractivity contribution in [1.29, 1.82) is 0 Å². The Balaban J connectivity index is 1.81. The van der Waals surface area contributed by atoms with Crippen LogP contribution in [0.5, 0.6) is 11.5 Å². The summed E-state index contributed by atoms with van der Waals surface area (Å²) in [5.74, 6) is 0.754. The van der Waals surface area contributed by atoms with Crippen molar-refractivity contribution in [3.05, 3.63) is 47.1 Å². The molecule has 5 nitrogen and oxygen atoms in total. The number of fused-ring (bicyclic) bond motifs is 1. The van der Waals surface area contributed by atoms with Gasteiger partial charge in [0.1, 0.15) is 0 Å². The van der Waals surface area contributed by atoms with Gasteiger partial charge in [-0.05, 0) is 50.8 Å². The number of benzene rings is 1. The van der Waals surface area contributed by atoms with Crippen LogP contribution in [0.3, 0.4) is 0 Å². The highest BCUT2D eigenvalue weighted by atomic mass is 16.5. The van der Waals surface area contributed by atoms with E-state index in [0.29, 0.717) is 24.5 Å². The summed E-state index contributed by atoms with van der Waals surface area (Å²) in [4.78, 5) is 27.9. The molecule has 0 radical (unpaired) electrons. The zero-order chi connectivity index (χ0) is 21.3. The average molecular weight is 398 g/mol. The lowest BCUT2D eigenvalue weighted by Gasteiger charge is -2.32. The molecule has 5 heteroatoms. The third-order valence-electron chi connectivity index (χ3n) is 6.21. The molecule has 0 N–H and O–H groups in total. The fraction of sp³-hybridized carbons (Fsp3) is 0.500. The van der Waals surface area contributed by atoms with Gasteiger partial charge in [-0.2, -0.15) is 0 Å². The maximum Gasteiger partial charge on any atom is 0.234 e. The number of likely N-dealkylation sites (tertiary alicyclic amines) is 1. The summed E-state index contributed by atoms with van der Waals surface area (Å²) < 4.78 is 10.6. The number of rotatable bonds is 6. The van der Waals surface area contributed by atoms with Crippen molar-refractivity contribution in [2.75, 3.05) is 20.8 Å². The highest BCUT2D eigenvalue weighted by Gasteiger charge is 2.53. The predicted octanol–water partition coefficient (Wildman–Crippen LogP) is 4.03. The standard InChI is InChI=1S/C24H31NO4/c1-14(2)11-18-12-15(3)16(4)21-22(18)24(27)25(23(21)26)10-9-17-7-8-19(28-5)20(13-17)29-6/h7-8,11-13,16,18,21-22H,9-10H2,1-6H3/t16-,18-,21-,22-/m1/s1. The first-order valence-corrected chi connectivity index (χ1v) is 10.2. The van der Waals surface area contributed by atoms with Crippen LogP contribution in [0.15, 0.2) is 41.5 Å². The van der Waals surface area contributed by atoms with Gasteiger partial charge >= 0.3 is 0 Å². The van der Waals surface area contributed by atoms with Crippen LogP contribution < -0.4 is 9.47 Å². The number of hydrogen-bond acceptors (Lipinski definition) is 4. The maximum atomic E-state index is 13.2. The molecule has 1 aliphatic carbocycles. The first kappa shape index (κ1) is 21.2. The zero-order valence-electron chi connectivity index (χ0n) is 18.2. The summed E-state index contributed by atoms with van der Waals surface area (Å²) in [5.41, 5.74) is 3.36. The van der Waals surface area contributed by atoms with Crippen molar-refractivity contribution in [2.45, 2.75) is 34.1 Å². The van der Waals surface area contributed by atoms with E-state index in [1.54, 1.807) is 14.2 Å². The lowest BCUT2D eigenvalue weighted by atomic mass is 9.69. The Labute approximate surface area is 173 Å². The molecule has 0 unspecified atom stereocenters. The normalized spacial score (nSPS) is 26.1. The van der Waals surface area contributed by atoms with Crippen LogP contribution in [0, 0.1) is 23.7 Å². The molecule has 1 aromatic carbocycles. The monoisotopic (exact) mass is 397 g/mol. The number of ether oxygens (including phenoxy) is 2. The molecule has 4 atom stereocenters. The number of hydrogen-bond donors (Lipinski definition) is 0. The highest BCUT2D eigenvalue weighted by molar-refractivity contribution is 6.06. The quantitative estimate of drug-likeness (QED) is 0.537. The Kier molecular flexibility index (Phi) is 6.15. The van der Waals surface area contributed by atoms with Gasteiger partial charge < -0.3 is 9.47 Å². The highest BCUT2D eigenvalue weighted by Crippen LogP contribution is 2.45. The number of imide groups is 1. The number of amides is 2. The Morgan fingerprint density at radius 2 is 1.72 bits per heavy atom. The number of allylic oxidation sites excluding steroid dienone is 4. The van der Waals surface area contributed by atoms with Gasteiger partial charge in [0.15, 0.2) is 11.5 Å².